The molecule has 1 heterocycles. The molecule has 0 spiro atoms. The maximum absolute atomic E-state index is 13.6. The number of rotatable bonds is 5. The molecule has 0 aliphatic rings. The second-order valence-corrected chi connectivity index (χ2v) is 8.63. The fourth-order valence-corrected chi connectivity index (χ4v) is 4.12. The van der Waals surface area contributed by atoms with Crippen LogP contribution in [0.2, 0.25) is 0 Å². The van der Waals surface area contributed by atoms with E-state index >= 15 is 0 Å². The fraction of sp³-hybridized carbons (Fsp3) is 0.250. The molecule has 1 unspecified atom stereocenters. The number of fused-ring (bicyclic) bond motifs is 1. The Balaban J connectivity index is 1.78. The Hall–Kier alpha value is -3.93. The second kappa shape index (κ2) is 9.51. The van der Waals surface area contributed by atoms with Gasteiger partial charge in [0.1, 0.15) is 5.82 Å². The van der Waals surface area contributed by atoms with E-state index < -0.39 is 6.04 Å². The highest BCUT2D eigenvalue weighted by atomic mass is 16.2. The highest BCUT2D eigenvalue weighted by molar-refractivity contribution is 5.91. The van der Waals surface area contributed by atoms with Crippen LogP contribution in [0.15, 0.2) is 71.5 Å². The van der Waals surface area contributed by atoms with E-state index in [0.29, 0.717) is 16.7 Å². The molecule has 0 fully saturated rings. The van der Waals surface area contributed by atoms with Gasteiger partial charge in [-0.15, -0.1) is 0 Å². The highest BCUT2D eigenvalue weighted by Gasteiger charge is 2.24. The first-order valence-corrected chi connectivity index (χ1v) is 11.5. The van der Waals surface area contributed by atoms with Crippen LogP contribution in [0, 0.1) is 13.8 Å². The molecule has 0 aliphatic heterocycles. The second-order valence-electron chi connectivity index (χ2n) is 8.63. The van der Waals surface area contributed by atoms with E-state index in [-0.39, 0.29) is 11.6 Å². The molecule has 1 N–H and O–H groups in total. The van der Waals surface area contributed by atoms with Gasteiger partial charge in [0, 0.05) is 12.7 Å². The molecule has 0 radical (unpaired) electrons. The Bertz CT molecular complexity index is 1390. The maximum atomic E-state index is 13.6. The van der Waals surface area contributed by atoms with Crippen LogP contribution in [0.5, 0.6) is 0 Å². The van der Waals surface area contributed by atoms with Crippen LogP contribution in [0.3, 0.4) is 0 Å². The number of aromatic nitrogens is 2. The van der Waals surface area contributed by atoms with Crippen molar-refractivity contribution in [2.24, 2.45) is 0 Å². The highest BCUT2D eigenvalue weighted by Crippen LogP contribution is 2.25. The van der Waals surface area contributed by atoms with Crippen molar-refractivity contribution in [2.45, 2.75) is 40.2 Å². The van der Waals surface area contributed by atoms with Crippen molar-refractivity contribution in [3.05, 3.63) is 99.6 Å². The van der Waals surface area contributed by atoms with Gasteiger partial charge in [0.25, 0.3) is 5.56 Å². The van der Waals surface area contributed by atoms with Crippen molar-refractivity contribution in [2.75, 3.05) is 12.4 Å². The van der Waals surface area contributed by atoms with Crippen molar-refractivity contribution in [3.63, 3.8) is 0 Å². The Morgan fingerprint density at radius 3 is 2.29 bits per heavy atom. The lowest BCUT2D eigenvalue weighted by atomic mass is 10.1. The van der Waals surface area contributed by atoms with Gasteiger partial charge in [0.2, 0.25) is 0 Å². The van der Waals surface area contributed by atoms with Gasteiger partial charge in [0.15, 0.2) is 0 Å². The summed E-state index contributed by atoms with van der Waals surface area (Å²) in [4.78, 5) is 33.2. The number of para-hydroxylation sites is 2. The number of nitrogens with one attached hydrogen (secondary N) is 1. The van der Waals surface area contributed by atoms with Gasteiger partial charge < -0.3 is 10.2 Å². The van der Waals surface area contributed by atoms with Gasteiger partial charge >= 0.3 is 6.03 Å². The Morgan fingerprint density at radius 2 is 1.65 bits per heavy atom. The number of benzene rings is 3. The van der Waals surface area contributed by atoms with Gasteiger partial charge in [-0.25, -0.2) is 9.78 Å². The SMILES string of the molecule is CCc1ccc(-n2c(C(C)N(C)C(=O)Nc3c(C)cccc3C)nc3ccccc3c2=O)cc1. The van der Waals surface area contributed by atoms with Crippen LogP contribution < -0.4 is 10.9 Å². The van der Waals surface area contributed by atoms with Gasteiger partial charge in [-0.05, 0) is 68.1 Å². The molecule has 0 saturated heterocycles. The van der Waals surface area contributed by atoms with Gasteiger partial charge in [-0.1, -0.05) is 49.4 Å². The fourth-order valence-electron chi connectivity index (χ4n) is 4.12. The molecular weight excluding hydrogens is 424 g/mol. The summed E-state index contributed by atoms with van der Waals surface area (Å²) in [6.45, 7) is 7.91. The molecule has 2 amide bonds. The van der Waals surface area contributed by atoms with Gasteiger partial charge in [-0.2, -0.15) is 0 Å². The first kappa shape index (κ1) is 23.2. The third kappa shape index (κ3) is 4.31. The minimum Gasteiger partial charge on any atom is -0.318 e. The number of carbonyl (C=O) groups excluding carboxylic acids is 1. The Morgan fingerprint density at radius 1 is 1.00 bits per heavy atom. The number of amides is 2. The Kier molecular flexibility index (Phi) is 6.50. The first-order chi connectivity index (χ1) is 16.3. The van der Waals surface area contributed by atoms with E-state index in [1.54, 1.807) is 22.6 Å². The molecule has 0 saturated carbocycles. The van der Waals surface area contributed by atoms with Crippen LogP contribution in [0.25, 0.3) is 16.6 Å². The lowest BCUT2D eigenvalue weighted by molar-refractivity contribution is 0.205. The number of hydrogen-bond donors (Lipinski definition) is 1. The molecule has 4 rings (SSSR count). The summed E-state index contributed by atoms with van der Waals surface area (Å²) in [7, 11) is 1.72. The molecule has 4 aromatic rings. The molecular formula is C28H30N4O2. The average Bonchev–Trinajstić information content (AvgIpc) is 2.85. The van der Waals surface area contributed by atoms with E-state index in [4.69, 9.17) is 4.98 Å². The molecule has 0 aliphatic carbocycles. The molecule has 1 atom stereocenters. The number of nitrogens with zero attached hydrogens (tertiary/aromatic N) is 3. The number of aryl methyl sites for hydroxylation is 3. The predicted molar refractivity (Wildman–Crippen MR) is 138 cm³/mol. The van der Waals surface area contributed by atoms with E-state index in [2.05, 4.69) is 12.2 Å². The summed E-state index contributed by atoms with van der Waals surface area (Å²) in [5.41, 5.74) is 5.15. The zero-order chi connectivity index (χ0) is 24.4. The normalized spacial score (nSPS) is 11.9. The van der Waals surface area contributed by atoms with Gasteiger partial charge in [-0.3, -0.25) is 9.36 Å². The van der Waals surface area contributed by atoms with Crippen LogP contribution in [0.4, 0.5) is 10.5 Å². The average molecular weight is 455 g/mol. The van der Waals surface area contributed by atoms with Crippen LogP contribution in [0.1, 0.15) is 42.4 Å². The van der Waals surface area contributed by atoms with Gasteiger partial charge in [0.05, 0.1) is 22.6 Å². The molecule has 174 valence electrons. The van der Waals surface area contributed by atoms with Crippen molar-refractivity contribution < 1.29 is 4.79 Å². The molecule has 3 aromatic carbocycles. The number of anilines is 1. The predicted octanol–water partition coefficient (Wildman–Crippen LogP) is 5.79. The summed E-state index contributed by atoms with van der Waals surface area (Å²) >= 11 is 0. The molecule has 6 nitrogen and oxygen atoms in total. The summed E-state index contributed by atoms with van der Waals surface area (Å²) in [5.74, 6) is 0.507. The third-order valence-corrected chi connectivity index (χ3v) is 6.39. The summed E-state index contributed by atoms with van der Waals surface area (Å²) < 4.78 is 1.62. The summed E-state index contributed by atoms with van der Waals surface area (Å²) in [6, 6.07) is 20.4. The number of urea groups is 1. The standard InChI is InChI=1S/C28H30N4O2/c1-6-21-14-16-22(17-15-21)32-26(29-24-13-8-7-12-23(24)27(32)33)20(4)31(5)28(34)30-25-18(2)10-9-11-19(25)3/h7-17,20H,6H2,1-5H3,(H,30,34). The first-order valence-electron chi connectivity index (χ1n) is 11.5. The summed E-state index contributed by atoms with van der Waals surface area (Å²) in [6.07, 6.45) is 0.912. The van der Waals surface area contributed by atoms with E-state index in [1.165, 1.54) is 5.56 Å². The van der Waals surface area contributed by atoms with E-state index in [1.807, 2.05) is 81.4 Å². The van der Waals surface area contributed by atoms with Crippen LogP contribution >= 0.6 is 0 Å². The van der Waals surface area contributed by atoms with Crippen LogP contribution in [-0.4, -0.2) is 27.5 Å². The van der Waals surface area contributed by atoms with E-state index in [0.717, 1.165) is 28.9 Å². The number of carbonyl (C=O) groups is 1. The summed E-state index contributed by atoms with van der Waals surface area (Å²) in [5, 5.41) is 3.57. The smallest absolute Gasteiger partial charge is 0.318 e. The van der Waals surface area contributed by atoms with Crippen molar-refractivity contribution in [1.29, 1.82) is 0 Å². The minimum atomic E-state index is -0.465. The van der Waals surface area contributed by atoms with Crippen molar-refractivity contribution >= 4 is 22.6 Å². The third-order valence-electron chi connectivity index (χ3n) is 6.39. The molecule has 0 bridgehead atoms. The van der Waals surface area contributed by atoms with Crippen LogP contribution in [-0.2, 0) is 6.42 Å². The van der Waals surface area contributed by atoms with Crippen molar-refractivity contribution in [1.82, 2.24) is 14.5 Å². The molecule has 1 aromatic heterocycles. The monoisotopic (exact) mass is 454 g/mol. The minimum absolute atomic E-state index is 0.153. The van der Waals surface area contributed by atoms with Crippen molar-refractivity contribution in [3.8, 4) is 5.69 Å². The van der Waals surface area contributed by atoms with E-state index in [9.17, 15) is 9.59 Å². The topological polar surface area (TPSA) is 67.2 Å². The zero-order valence-electron chi connectivity index (χ0n) is 20.3. The lowest BCUT2D eigenvalue weighted by Crippen LogP contribution is -2.37. The molecule has 6 heteroatoms. The zero-order valence-corrected chi connectivity index (χ0v) is 20.3. The molecule has 34 heavy (non-hydrogen) atoms. The maximum Gasteiger partial charge on any atom is 0.322 e. The largest absolute Gasteiger partial charge is 0.322 e. The Labute approximate surface area is 199 Å². The number of hydrogen-bond acceptors (Lipinski definition) is 3. The quantitative estimate of drug-likeness (QED) is 0.415. The lowest BCUT2D eigenvalue weighted by Gasteiger charge is -2.28.